The summed E-state index contributed by atoms with van der Waals surface area (Å²) >= 11 is 0. The van der Waals surface area contributed by atoms with E-state index in [0.29, 0.717) is 25.3 Å². The highest BCUT2D eigenvalue weighted by Crippen LogP contribution is 2.14. The monoisotopic (exact) mass is 364 g/mol. The highest BCUT2D eigenvalue weighted by molar-refractivity contribution is 5.80. The minimum atomic E-state index is -1.14. The van der Waals surface area contributed by atoms with E-state index < -0.39 is 23.7 Å². The summed E-state index contributed by atoms with van der Waals surface area (Å²) in [6, 6.07) is 5.80. The van der Waals surface area contributed by atoms with Crippen molar-refractivity contribution < 1.29 is 24.2 Å². The molecule has 1 atom stereocenters. The maximum absolute atomic E-state index is 11.8. The Bertz CT molecular complexity index is 648. The third kappa shape index (κ3) is 8.79. The average Bonchev–Trinajstić information content (AvgIpc) is 2.53. The zero-order valence-corrected chi connectivity index (χ0v) is 15.1. The number of nitrogens with one attached hydrogen (secondary N) is 1. The number of carboxylic acid groups (broad SMARTS) is 1. The van der Waals surface area contributed by atoms with E-state index >= 15 is 0 Å². The second kappa shape index (κ2) is 10.1. The summed E-state index contributed by atoms with van der Waals surface area (Å²) < 4.78 is 10.6. The minimum Gasteiger partial charge on any atom is -0.494 e. The Morgan fingerprint density at radius 1 is 1.31 bits per heavy atom. The molecule has 0 aliphatic carbocycles. The molecule has 1 aromatic rings. The Hall–Kier alpha value is -2.93. The molecule has 0 spiro atoms. The van der Waals surface area contributed by atoms with Gasteiger partial charge in [-0.05, 0) is 50.4 Å². The van der Waals surface area contributed by atoms with Crippen LogP contribution in [0.15, 0.2) is 29.4 Å². The maximum atomic E-state index is 11.8. The molecule has 0 fully saturated rings. The predicted octanol–water partition coefficient (Wildman–Crippen LogP) is 3.29. The fraction of sp³-hybridized carbons (Fsp3) is 0.529. The summed E-state index contributed by atoms with van der Waals surface area (Å²) in [5, 5.41) is 15.1. The quantitative estimate of drug-likeness (QED) is 0.300. The topological polar surface area (TPSA) is 134 Å². The molecule has 0 aromatic heterocycles. The summed E-state index contributed by atoms with van der Waals surface area (Å²) in [5.41, 5.74) is 8.20. The summed E-state index contributed by atoms with van der Waals surface area (Å²) in [4.78, 5) is 25.8. The van der Waals surface area contributed by atoms with Crippen LogP contribution < -0.4 is 10.1 Å². The van der Waals surface area contributed by atoms with Gasteiger partial charge < -0.3 is 19.9 Å². The lowest BCUT2D eigenvalue weighted by Crippen LogP contribution is -2.44. The molecule has 0 saturated carbocycles. The van der Waals surface area contributed by atoms with Gasteiger partial charge in [-0.15, -0.1) is 0 Å². The number of carbonyl (C=O) groups excluding carboxylic acids is 1. The molecule has 2 N–H and O–H groups in total. The van der Waals surface area contributed by atoms with Crippen molar-refractivity contribution in [3.05, 3.63) is 40.3 Å². The first-order chi connectivity index (χ1) is 12.2. The van der Waals surface area contributed by atoms with Gasteiger partial charge in [0.2, 0.25) is 0 Å². The highest BCUT2D eigenvalue weighted by Gasteiger charge is 2.24. The van der Waals surface area contributed by atoms with Crippen LogP contribution in [0.2, 0.25) is 0 Å². The van der Waals surface area contributed by atoms with Crippen molar-refractivity contribution in [3.63, 3.8) is 0 Å². The number of azide groups is 1. The Labute approximate surface area is 151 Å². The molecule has 0 bridgehead atoms. The van der Waals surface area contributed by atoms with Gasteiger partial charge in [-0.2, -0.15) is 0 Å². The lowest BCUT2D eigenvalue weighted by atomic mass is 10.1. The fourth-order valence-electron chi connectivity index (χ4n) is 1.98. The fourth-order valence-corrected chi connectivity index (χ4v) is 1.98. The van der Waals surface area contributed by atoms with E-state index in [0.717, 1.165) is 5.56 Å². The molecular formula is C17H24N4O5. The number of nitrogens with zero attached hydrogens (tertiary/aromatic N) is 3. The largest absolute Gasteiger partial charge is 0.494 e. The van der Waals surface area contributed by atoms with E-state index in [4.69, 9.17) is 15.0 Å². The van der Waals surface area contributed by atoms with Crippen LogP contribution in [0.3, 0.4) is 0 Å². The van der Waals surface area contributed by atoms with Crippen molar-refractivity contribution in [2.24, 2.45) is 5.11 Å². The average molecular weight is 364 g/mol. The second-order valence-electron chi connectivity index (χ2n) is 6.54. The molecule has 0 heterocycles. The van der Waals surface area contributed by atoms with Crippen LogP contribution >= 0.6 is 0 Å². The van der Waals surface area contributed by atoms with E-state index in [9.17, 15) is 14.7 Å². The van der Waals surface area contributed by atoms with Gasteiger partial charge in [0, 0.05) is 17.9 Å². The Balaban J connectivity index is 2.56. The van der Waals surface area contributed by atoms with Gasteiger partial charge in [0.05, 0.1) is 6.61 Å². The zero-order chi connectivity index (χ0) is 19.6. The van der Waals surface area contributed by atoms with Crippen LogP contribution in [0, 0.1) is 0 Å². The third-order valence-corrected chi connectivity index (χ3v) is 3.09. The van der Waals surface area contributed by atoms with Gasteiger partial charge in [0.25, 0.3) is 0 Å². The summed E-state index contributed by atoms with van der Waals surface area (Å²) in [7, 11) is 0. The van der Waals surface area contributed by atoms with Crippen LogP contribution in [0.5, 0.6) is 5.75 Å². The minimum absolute atomic E-state index is 0.117. The Morgan fingerprint density at radius 3 is 2.50 bits per heavy atom. The first-order valence-electron chi connectivity index (χ1n) is 8.16. The van der Waals surface area contributed by atoms with Gasteiger partial charge in [-0.25, -0.2) is 9.59 Å². The van der Waals surface area contributed by atoms with Crippen LogP contribution in [0.1, 0.15) is 32.8 Å². The molecule has 9 heteroatoms. The standard InChI is InChI=1S/C17H24N4O5/c1-17(2,3)26-16(24)20-14(15(22)23)11-12-5-7-13(8-6-12)25-10-4-9-19-21-18/h5-8,14H,4,9-11H2,1-3H3,(H,20,24)(H,22,23). The van der Waals surface area contributed by atoms with E-state index in [2.05, 4.69) is 15.3 Å². The number of carbonyl (C=O) groups is 2. The Morgan fingerprint density at radius 2 is 1.96 bits per heavy atom. The van der Waals surface area contributed by atoms with Crippen molar-refractivity contribution in [1.29, 1.82) is 0 Å². The molecule has 0 aliphatic rings. The van der Waals surface area contributed by atoms with E-state index in [1.54, 1.807) is 45.0 Å². The molecule has 9 nitrogen and oxygen atoms in total. The number of rotatable bonds is 9. The van der Waals surface area contributed by atoms with Gasteiger partial charge in [0.15, 0.2) is 0 Å². The molecule has 1 amide bonds. The molecular weight excluding hydrogens is 340 g/mol. The zero-order valence-electron chi connectivity index (χ0n) is 15.1. The molecule has 0 saturated heterocycles. The lowest BCUT2D eigenvalue weighted by molar-refractivity contribution is -0.139. The van der Waals surface area contributed by atoms with Crippen molar-refractivity contribution in [2.75, 3.05) is 13.2 Å². The third-order valence-electron chi connectivity index (χ3n) is 3.09. The predicted molar refractivity (Wildman–Crippen MR) is 95.1 cm³/mol. The molecule has 0 aliphatic heterocycles. The lowest BCUT2D eigenvalue weighted by Gasteiger charge is -2.22. The van der Waals surface area contributed by atoms with Crippen LogP contribution in [0.25, 0.3) is 10.4 Å². The molecule has 1 unspecified atom stereocenters. The molecule has 1 aromatic carbocycles. The van der Waals surface area contributed by atoms with Crippen LogP contribution in [0.4, 0.5) is 4.79 Å². The number of benzene rings is 1. The number of hydrogen-bond donors (Lipinski definition) is 2. The van der Waals surface area contributed by atoms with Crippen LogP contribution in [-0.4, -0.2) is 42.0 Å². The first kappa shape index (κ1) is 21.1. The summed E-state index contributed by atoms with van der Waals surface area (Å²) in [6.45, 7) is 5.89. The van der Waals surface area contributed by atoms with Crippen LogP contribution in [-0.2, 0) is 16.0 Å². The molecule has 1 rings (SSSR count). The number of amides is 1. The number of carboxylic acids is 1. The van der Waals surface area contributed by atoms with Crippen molar-refractivity contribution in [1.82, 2.24) is 5.32 Å². The van der Waals surface area contributed by atoms with Gasteiger partial charge in [-0.1, -0.05) is 17.2 Å². The first-order valence-corrected chi connectivity index (χ1v) is 8.16. The molecule has 142 valence electrons. The second-order valence-corrected chi connectivity index (χ2v) is 6.54. The summed E-state index contributed by atoms with van der Waals surface area (Å²) in [6.07, 6.45) is -0.0526. The normalized spacial score (nSPS) is 11.8. The number of alkyl carbamates (subject to hydrolysis) is 1. The molecule has 26 heavy (non-hydrogen) atoms. The summed E-state index contributed by atoms with van der Waals surface area (Å²) in [5.74, 6) is -0.518. The van der Waals surface area contributed by atoms with Gasteiger partial charge in [-0.3, -0.25) is 0 Å². The smallest absolute Gasteiger partial charge is 0.408 e. The number of ether oxygens (including phenoxy) is 2. The number of aliphatic carboxylic acids is 1. The van der Waals surface area contributed by atoms with Crippen molar-refractivity contribution >= 4 is 12.1 Å². The SMILES string of the molecule is CC(C)(C)OC(=O)NC(Cc1ccc(OCCCN=[N+]=[N-])cc1)C(=O)O. The van der Waals surface area contributed by atoms with E-state index in [-0.39, 0.29) is 6.42 Å². The van der Waals surface area contributed by atoms with Crippen molar-refractivity contribution in [2.45, 2.75) is 45.3 Å². The van der Waals surface area contributed by atoms with E-state index in [1.807, 2.05) is 0 Å². The van der Waals surface area contributed by atoms with Crippen molar-refractivity contribution in [3.8, 4) is 5.75 Å². The van der Waals surface area contributed by atoms with Gasteiger partial charge in [0.1, 0.15) is 17.4 Å². The number of hydrogen-bond acceptors (Lipinski definition) is 5. The van der Waals surface area contributed by atoms with E-state index in [1.165, 1.54) is 0 Å². The maximum Gasteiger partial charge on any atom is 0.408 e. The van der Waals surface area contributed by atoms with Gasteiger partial charge >= 0.3 is 12.1 Å². The highest BCUT2D eigenvalue weighted by atomic mass is 16.6. The Kier molecular flexibility index (Phi) is 8.24. The molecule has 0 radical (unpaired) electrons.